The summed E-state index contributed by atoms with van der Waals surface area (Å²) in [6.07, 6.45) is 12.7. The number of nitrogens with one attached hydrogen (secondary N) is 1. The molecular weight excluding hydrogens is 302 g/mol. The van der Waals surface area contributed by atoms with Gasteiger partial charge in [-0.25, -0.2) is 4.79 Å². The Morgan fingerprint density at radius 2 is 1.41 bits per heavy atom. The summed E-state index contributed by atoms with van der Waals surface area (Å²) >= 11 is 5.73. The van der Waals surface area contributed by atoms with Crippen LogP contribution < -0.4 is 5.32 Å². The standard InChI is InChI=1S/C17H32ClNO3/c1-3-5-6-7-8-9-10-11-12-13-14-15(20)19-16(18)17(21)22-4-2/h16H,3-14H2,1-2H3,(H,19,20)/t16-/m0/s1. The molecule has 130 valence electrons. The van der Waals surface area contributed by atoms with E-state index in [0.717, 1.165) is 12.8 Å². The van der Waals surface area contributed by atoms with Crippen LogP contribution in [0.15, 0.2) is 0 Å². The van der Waals surface area contributed by atoms with E-state index < -0.39 is 11.5 Å². The van der Waals surface area contributed by atoms with Crippen LogP contribution in [0.5, 0.6) is 0 Å². The molecule has 0 radical (unpaired) electrons. The molecule has 1 atom stereocenters. The number of carbonyl (C=O) groups excluding carboxylic acids is 2. The molecule has 0 aromatic heterocycles. The van der Waals surface area contributed by atoms with E-state index in [0.29, 0.717) is 6.42 Å². The number of hydrogen-bond acceptors (Lipinski definition) is 3. The van der Waals surface area contributed by atoms with Crippen LogP contribution in [0.3, 0.4) is 0 Å². The molecule has 0 fully saturated rings. The lowest BCUT2D eigenvalue weighted by atomic mass is 10.1. The molecule has 0 aliphatic heterocycles. The summed E-state index contributed by atoms with van der Waals surface area (Å²) in [6.45, 7) is 4.19. The molecule has 0 bridgehead atoms. The highest BCUT2D eigenvalue weighted by atomic mass is 35.5. The second kappa shape index (κ2) is 15.1. The van der Waals surface area contributed by atoms with Gasteiger partial charge in [-0.2, -0.15) is 0 Å². The third kappa shape index (κ3) is 12.9. The maximum absolute atomic E-state index is 11.6. The Bertz CT molecular complexity index is 298. The van der Waals surface area contributed by atoms with E-state index in [-0.39, 0.29) is 12.5 Å². The van der Waals surface area contributed by atoms with Crippen LogP contribution in [-0.2, 0) is 14.3 Å². The highest BCUT2D eigenvalue weighted by Gasteiger charge is 2.18. The molecule has 0 aliphatic rings. The van der Waals surface area contributed by atoms with Gasteiger partial charge in [-0.15, -0.1) is 0 Å². The van der Waals surface area contributed by atoms with Crippen LogP contribution in [0.25, 0.3) is 0 Å². The Morgan fingerprint density at radius 3 is 1.91 bits per heavy atom. The second-order valence-corrected chi connectivity index (χ2v) is 6.05. The summed E-state index contributed by atoms with van der Waals surface area (Å²) in [4.78, 5) is 22.8. The minimum absolute atomic E-state index is 0.187. The Balaban J connectivity index is 3.40. The van der Waals surface area contributed by atoms with Gasteiger partial charge in [0.25, 0.3) is 0 Å². The SMILES string of the molecule is CCCCCCCCCCCCC(=O)N[C@H](Cl)C(=O)OCC. The molecule has 0 aliphatic carbocycles. The zero-order chi connectivity index (χ0) is 16.6. The van der Waals surface area contributed by atoms with Crippen molar-refractivity contribution in [2.75, 3.05) is 6.61 Å². The van der Waals surface area contributed by atoms with Crippen LogP contribution in [0.2, 0.25) is 0 Å². The largest absolute Gasteiger partial charge is 0.464 e. The molecule has 22 heavy (non-hydrogen) atoms. The zero-order valence-electron chi connectivity index (χ0n) is 14.2. The van der Waals surface area contributed by atoms with Gasteiger partial charge in [-0.3, -0.25) is 4.79 Å². The second-order valence-electron chi connectivity index (χ2n) is 5.61. The minimum atomic E-state index is -1.07. The molecule has 0 unspecified atom stereocenters. The molecule has 0 spiro atoms. The Labute approximate surface area is 140 Å². The lowest BCUT2D eigenvalue weighted by Gasteiger charge is -2.10. The van der Waals surface area contributed by atoms with Gasteiger partial charge in [0.15, 0.2) is 0 Å². The van der Waals surface area contributed by atoms with Gasteiger partial charge in [0, 0.05) is 6.42 Å². The van der Waals surface area contributed by atoms with Gasteiger partial charge in [0.1, 0.15) is 0 Å². The Morgan fingerprint density at radius 1 is 0.909 bits per heavy atom. The highest BCUT2D eigenvalue weighted by Crippen LogP contribution is 2.11. The van der Waals surface area contributed by atoms with Crippen LogP contribution in [-0.4, -0.2) is 24.0 Å². The zero-order valence-corrected chi connectivity index (χ0v) is 14.9. The predicted octanol–water partition coefficient (Wildman–Crippen LogP) is 4.54. The van der Waals surface area contributed by atoms with E-state index in [4.69, 9.17) is 16.3 Å². The molecule has 0 rings (SSSR count). The quantitative estimate of drug-likeness (QED) is 0.220. The van der Waals surface area contributed by atoms with E-state index in [1.807, 2.05) is 0 Å². The van der Waals surface area contributed by atoms with E-state index in [1.165, 1.54) is 51.4 Å². The first-order valence-electron chi connectivity index (χ1n) is 8.71. The van der Waals surface area contributed by atoms with Crippen LogP contribution in [0.4, 0.5) is 0 Å². The van der Waals surface area contributed by atoms with E-state index in [9.17, 15) is 9.59 Å². The summed E-state index contributed by atoms with van der Waals surface area (Å²) in [6, 6.07) is 0. The van der Waals surface area contributed by atoms with Gasteiger partial charge in [0.05, 0.1) is 6.61 Å². The van der Waals surface area contributed by atoms with Crippen LogP contribution in [0, 0.1) is 0 Å². The fraction of sp³-hybridized carbons (Fsp3) is 0.882. The highest BCUT2D eigenvalue weighted by molar-refractivity contribution is 6.30. The number of rotatable bonds is 14. The average Bonchev–Trinajstić information content (AvgIpc) is 2.49. The molecule has 5 heteroatoms. The number of halogens is 1. The fourth-order valence-electron chi connectivity index (χ4n) is 2.26. The van der Waals surface area contributed by atoms with Gasteiger partial charge in [0.2, 0.25) is 11.4 Å². The average molecular weight is 334 g/mol. The monoisotopic (exact) mass is 333 g/mol. The number of esters is 1. The fourth-order valence-corrected chi connectivity index (χ4v) is 2.45. The third-order valence-corrected chi connectivity index (χ3v) is 3.83. The Kier molecular flexibility index (Phi) is 14.6. The third-order valence-electron chi connectivity index (χ3n) is 3.54. The first-order valence-corrected chi connectivity index (χ1v) is 9.15. The minimum Gasteiger partial charge on any atom is -0.464 e. The first-order chi connectivity index (χ1) is 10.6. The van der Waals surface area contributed by atoms with Gasteiger partial charge >= 0.3 is 5.97 Å². The van der Waals surface area contributed by atoms with Crippen molar-refractivity contribution in [3.63, 3.8) is 0 Å². The molecule has 0 saturated heterocycles. The van der Waals surface area contributed by atoms with E-state index in [2.05, 4.69) is 12.2 Å². The van der Waals surface area contributed by atoms with E-state index in [1.54, 1.807) is 6.92 Å². The molecule has 0 saturated carbocycles. The van der Waals surface area contributed by atoms with Crippen molar-refractivity contribution in [1.82, 2.24) is 5.32 Å². The van der Waals surface area contributed by atoms with Crippen molar-refractivity contribution in [2.45, 2.75) is 90.0 Å². The topological polar surface area (TPSA) is 55.4 Å². The van der Waals surface area contributed by atoms with Crippen molar-refractivity contribution in [3.8, 4) is 0 Å². The molecule has 4 nitrogen and oxygen atoms in total. The van der Waals surface area contributed by atoms with Crippen molar-refractivity contribution in [3.05, 3.63) is 0 Å². The van der Waals surface area contributed by atoms with Crippen molar-refractivity contribution >= 4 is 23.5 Å². The molecule has 0 aromatic rings. The number of ether oxygens (including phenoxy) is 1. The number of unbranched alkanes of at least 4 members (excludes halogenated alkanes) is 9. The van der Waals surface area contributed by atoms with Crippen molar-refractivity contribution < 1.29 is 14.3 Å². The lowest BCUT2D eigenvalue weighted by Crippen LogP contribution is -2.37. The molecule has 1 amide bonds. The number of carbonyl (C=O) groups is 2. The summed E-state index contributed by atoms with van der Waals surface area (Å²) in [5, 5.41) is 2.45. The first kappa shape index (κ1) is 21.2. The summed E-state index contributed by atoms with van der Waals surface area (Å²) in [7, 11) is 0. The summed E-state index contributed by atoms with van der Waals surface area (Å²) in [5.74, 6) is -0.784. The summed E-state index contributed by atoms with van der Waals surface area (Å²) < 4.78 is 4.72. The van der Waals surface area contributed by atoms with Gasteiger partial charge < -0.3 is 10.1 Å². The smallest absolute Gasteiger partial charge is 0.344 e. The molecule has 0 aromatic carbocycles. The maximum atomic E-state index is 11.6. The van der Waals surface area contributed by atoms with Gasteiger partial charge in [-0.1, -0.05) is 76.3 Å². The Hall–Kier alpha value is -0.770. The number of amides is 1. The van der Waals surface area contributed by atoms with Crippen molar-refractivity contribution in [2.24, 2.45) is 0 Å². The van der Waals surface area contributed by atoms with Crippen LogP contribution in [0.1, 0.15) is 84.5 Å². The van der Waals surface area contributed by atoms with Crippen molar-refractivity contribution in [1.29, 1.82) is 0 Å². The molecule has 1 N–H and O–H groups in total. The number of alkyl halides is 1. The number of hydrogen-bond donors (Lipinski definition) is 1. The normalized spacial score (nSPS) is 12.0. The summed E-state index contributed by atoms with van der Waals surface area (Å²) in [5.41, 5.74) is -1.07. The molecular formula is C17H32ClNO3. The lowest BCUT2D eigenvalue weighted by molar-refractivity contribution is -0.144. The molecule has 0 heterocycles. The van der Waals surface area contributed by atoms with Crippen LogP contribution >= 0.6 is 11.6 Å². The van der Waals surface area contributed by atoms with Gasteiger partial charge in [-0.05, 0) is 13.3 Å². The maximum Gasteiger partial charge on any atom is 0.344 e. The predicted molar refractivity (Wildman–Crippen MR) is 90.9 cm³/mol. The van der Waals surface area contributed by atoms with E-state index >= 15 is 0 Å².